The summed E-state index contributed by atoms with van der Waals surface area (Å²) < 4.78 is 0. The Labute approximate surface area is 91.9 Å². The zero-order valence-corrected chi connectivity index (χ0v) is 9.67. The van der Waals surface area contributed by atoms with Crippen molar-refractivity contribution in [1.82, 2.24) is 0 Å². The van der Waals surface area contributed by atoms with Crippen LogP contribution in [0.25, 0.3) is 0 Å². The van der Waals surface area contributed by atoms with Gasteiger partial charge in [0.1, 0.15) is 0 Å². The predicted octanol–water partition coefficient (Wildman–Crippen LogP) is 3.32. The standard InChI is InChI=1S/C13H18N2/c1-4-10(2)9-15-13-7-12(8-14)6-5-11(13)3/h5-7,10,15H,4,9H2,1-3H3/t10-/m0/s1. The molecule has 0 bridgehead atoms. The topological polar surface area (TPSA) is 35.8 Å². The number of rotatable bonds is 4. The minimum atomic E-state index is 0.662. The number of hydrogen-bond donors (Lipinski definition) is 1. The van der Waals surface area contributed by atoms with Crippen LogP contribution in [0.3, 0.4) is 0 Å². The van der Waals surface area contributed by atoms with Crippen molar-refractivity contribution in [3.63, 3.8) is 0 Å². The van der Waals surface area contributed by atoms with E-state index >= 15 is 0 Å². The van der Waals surface area contributed by atoms with Crippen molar-refractivity contribution >= 4 is 5.69 Å². The van der Waals surface area contributed by atoms with Gasteiger partial charge in [0.25, 0.3) is 0 Å². The molecule has 15 heavy (non-hydrogen) atoms. The average molecular weight is 202 g/mol. The smallest absolute Gasteiger partial charge is 0.0992 e. The number of nitriles is 1. The maximum atomic E-state index is 8.80. The quantitative estimate of drug-likeness (QED) is 0.813. The lowest BCUT2D eigenvalue weighted by Crippen LogP contribution is -2.11. The molecule has 1 atom stereocenters. The first kappa shape index (κ1) is 11.6. The highest BCUT2D eigenvalue weighted by atomic mass is 14.9. The first-order valence-electron chi connectivity index (χ1n) is 5.42. The lowest BCUT2D eigenvalue weighted by Gasteiger charge is -2.13. The summed E-state index contributed by atoms with van der Waals surface area (Å²) in [7, 11) is 0. The van der Waals surface area contributed by atoms with Crippen LogP contribution in [-0.4, -0.2) is 6.54 Å². The molecular weight excluding hydrogens is 184 g/mol. The van der Waals surface area contributed by atoms with E-state index in [0.29, 0.717) is 11.5 Å². The number of anilines is 1. The third kappa shape index (κ3) is 3.28. The van der Waals surface area contributed by atoms with Crippen LogP contribution >= 0.6 is 0 Å². The molecule has 0 spiro atoms. The van der Waals surface area contributed by atoms with Gasteiger partial charge in [-0.1, -0.05) is 26.3 Å². The summed E-state index contributed by atoms with van der Waals surface area (Å²) in [6, 6.07) is 7.91. The maximum absolute atomic E-state index is 8.80. The Kier molecular flexibility index (Phi) is 4.17. The predicted molar refractivity (Wildman–Crippen MR) is 63.8 cm³/mol. The monoisotopic (exact) mass is 202 g/mol. The van der Waals surface area contributed by atoms with Crippen LogP contribution in [0.1, 0.15) is 31.4 Å². The average Bonchev–Trinajstić information content (AvgIpc) is 2.27. The van der Waals surface area contributed by atoms with E-state index in [1.54, 1.807) is 0 Å². The Hall–Kier alpha value is -1.49. The Bertz CT molecular complexity index is 363. The van der Waals surface area contributed by atoms with Crippen LogP contribution in [-0.2, 0) is 0 Å². The molecule has 1 N–H and O–H groups in total. The summed E-state index contributed by atoms with van der Waals surface area (Å²) >= 11 is 0. The molecule has 1 rings (SSSR count). The molecular formula is C13H18N2. The summed E-state index contributed by atoms with van der Waals surface area (Å²) in [5.41, 5.74) is 2.99. The number of aryl methyl sites for hydroxylation is 1. The minimum absolute atomic E-state index is 0.662. The van der Waals surface area contributed by atoms with Crippen molar-refractivity contribution in [3.05, 3.63) is 29.3 Å². The Balaban J connectivity index is 2.72. The van der Waals surface area contributed by atoms with E-state index in [0.717, 1.165) is 12.2 Å². The molecule has 0 aliphatic rings. The molecule has 0 aliphatic heterocycles. The summed E-state index contributed by atoms with van der Waals surface area (Å²) in [5.74, 6) is 0.662. The SMILES string of the molecule is CC[C@H](C)CNc1cc(C#N)ccc1C. The highest BCUT2D eigenvalue weighted by Gasteiger charge is 2.02. The molecule has 1 aromatic carbocycles. The van der Waals surface area contributed by atoms with Gasteiger partial charge in [-0.05, 0) is 30.5 Å². The molecule has 0 fully saturated rings. The second kappa shape index (κ2) is 5.41. The fraction of sp³-hybridized carbons (Fsp3) is 0.462. The number of benzene rings is 1. The van der Waals surface area contributed by atoms with Gasteiger partial charge in [-0.25, -0.2) is 0 Å². The van der Waals surface area contributed by atoms with E-state index < -0.39 is 0 Å². The molecule has 0 aromatic heterocycles. The lowest BCUT2D eigenvalue weighted by atomic mass is 10.1. The molecule has 2 nitrogen and oxygen atoms in total. The Morgan fingerprint density at radius 3 is 2.80 bits per heavy atom. The van der Waals surface area contributed by atoms with Crippen LogP contribution in [0.15, 0.2) is 18.2 Å². The highest BCUT2D eigenvalue weighted by molar-refractivity contribution is 5.55. The molecule has 1 aromatic rings. The molecule has 0 aliphatic carbocycles. The number of hydrogen-bond acceptors (Lipinski definition) is 2. The maximum Gasteiger partial charge on any atom is 0.0992 e. The van der Waals surface area contributed by atoms with Gasteiger partial charge in [0, 0.05) is 12.2 Å². The van der Waals surface area contributed by atoms with Gasteiger partial charge in [-0.15, -0.1) is 0 Å². The van der Waals surface area contributed by atoms with Crippen LogP contribution in [0.2, 0.25) is 0 Å². The third-order valence-corrected chi connectivity index (χ3v) is 2.70. The van der Waals surface area contributed by atoms with Crippen molar-refractivity contribution in [3.8, 4) is 6.07 Å². The largest absolute Gasteiger partial charge is 0.385 e. The van der Waals surface area contributed by atoms with Gasteiger partial charge in [-0.2, -0.15) is 5.26 Å². The normalized spacial score (nSPS) is 11.9. The van der Waals surface area contributed by atoms with Gasteiger partial charge in [-0.3, -0.25) is 0 Å². The van der Waals surface area contributed by atoms with E-state index in [9.17, 15) is 0 Å². The summed E-state index contributed by atoms with van der Waals surface area (Å²) in [5, 5.41) is 12.2. The molecule has 2 heteroatoms. The third-order valence-electron chi connectivity index (χ3n) is 2.70. The van der Waals surface area contributed by atoms with Crippen molar-refractivity contribution in [2.75, 3.05) is 11.9 Å². The van der Waals surface area contributed by atoms with Crippen LogP contribution < -0.4 is 5.32 Å². The van der Waals surface area contributed by atoms with Gasteiger partial charge >= 0.3 is 0 Å². The highest BCUT2D eigenvalue weighted by Crippen LogP contribution is 2.17. The Morgan fingerprint density at radius 2 is 2.20 bits per heavy atom. The van der Waals surface area contributed by atoms with Crippen molar-refractivity contribution in [2.45, 2.75) is 27.2 Å². The van der Waals surface area contributed by atoms with Gasteiger partial charge in [0.2, 0.25) is 0 Å². The van der Waals surface area contributed by atoms with E-state index in [1.807, 2.05) is 18.2 Å². The van der Waals surface area contributed by atoms with Gasteiger partial charge in [0.05, 0.1) is 11.6 Å². The minimum Gasteiger partial charge on any atom is -0.385 e. The number of nitrogens with one attached hydrogen (secondary N) is 1. The summed E-state index contributed by atoms with van der Waals surface area (Å²) in [4.78, 5) is 0. The lowest BCUT2D eigenvalue weighted by molar-refractivity contribution is 0.593. The van der Waals surface area contributed by atoms with E-state index in [1.165, 1.54) is 12.0 Å². The summed E-state index contributed by atoms with van der Waals surface area (Å²) in [6.07, 6.45) is 1.17. The van der Waals surface area contributed by atoms with Gasteiger partial charge in [0.15, 0.2) is 0 Å². The number of nitrogens with zero attached hydrogens (tertiary/aromatic N) is 1. The first-order chi connectivity index (χ1) is 7.17. The summed E-state index contributed by atoms with van der Waals surface area (Å²) in [6.45, 7) is 7.42. The molecule has 0 amide bonds. The zero-order valence-electron chi connectivity index (χ0n) is 9.67. The van der Waals surface area contributed by atoms with Gasteiger partial charge < -0.3 is 5.32 Å². The fourth-order valence-corrected chi connectivity index (χ4v) is 1.31. The molecule has 80 valence electrons. The zero-order chi connectivity index (χ0) is 11.3. The first-order valence-corrected chi connectivity index (χ1v) is 5.42. The molecule has 0 saturated carbocycles. The Morgan fingerprint density at radius 1 is 1.47 bits per heavy atom. The van der Waals surface area contributed by atoms with Crippen LogP contribution in [0.4, 0.5) is 5.69 Å². The molecule has 0 heterocycles. The van der Waals surface area contributed by atoms with E-state index in [2.05, 4.69) is 32.2 Å². The van der Waals surface area contributed by atoms with Crippen molar-refractivity contribution < 1.29 is 0 Å². The molecule has 0 radical (unpaired) electrons. The molecule has 0 saturated heterocycles. The van der Waals surface area contributed by atoms with Crippen molar-refractivity contribution in [1.29, 1.82) is 5.26 Å². The van der Waals surface area contributed by atoms with E-state index in [4.69, 9.17) is 5.26 Å². The van der Waals surface area contributed by atoms with E-state index in [-0.39, 0.29) is 0 Å². The van der Waals surface area contributed by atoms with Crippen molar-refractivity contribution in [2.24, 2.45) is 5.92 Å². The van der Waals surface area contributed by atoms with Crippen LogP contribution in [0.5, 0.6) is 0 Å². The van der Waals surface area contributed by atoms with Crippen LogP contribution in [0, 0.1) is 24.2 Å². The second-order valence-corrected chi connectivity index (χ2v) is 4.04. The fourth-order valence-electron chi connectivity index (χ4n) is 1.31. The second-order valence-electron chi connectivity index (χ2n) is 4.04. The molecule has 0 unspecified atom stereocenters.